The van der Waals surface area contributed by atoms with Gasteiger partial charge in [-0.3, -0.25) is 4.98 Å². The summed E-state index contributed by atoms with van der Waals surface area (Å²) in [7, 11) is 0. The number of benzene rings is 1. The Bertz CT molecular complexity index is 631. The fourth-order valence-electron chi connectivity index (χ4n) is 1.99. The van der Waals surface area contributed by atoms with E-state index >= 15 is 0 Å². The van der Waals surface area contributed by atoms with Gasteiger partial charge < -0.3 is 16.3 Å². The molecule has 0 bridgehead atoms. The van der Waals surface area contributed by atoms with Gasteiger partial charge in [-0.1, -0.05) is 17.3 Å². The van der Waals surface area contributed by atoms with Crippen molar-refractivity contribution in [1.29, 1.82) is 0 Å². The molecule has 0 aliphatic rings. The molecule has 1 aromatic heterocycles. The molecule has 1 heterocycles. The molecule has 6 heteroatoms. The van der Waals surface area contributed by atoms with Crippen LogP contribution in [0.3, 0.4) is 0 Å². The van der Waals surface area contributed by atoms with Crippen LogP contribution in [-0.2, 0) is 6.54 Å². The van der Waals surface area contributed by atoms with Gasteiger partial charge in [0.2, 0.25) is 0 Å². The highest BCUT2D eigenvalue weighted by Gasteiger charge is 2.11. The maximum absolute atomic E-state index is 13.3. The molecule has 0 spiro atoms. The van der Waals surface area contributed by atoms with Gasteiger partial charge in [-0.2, -0.15) is 0 Å². The predicted molar refractivity (Wildman–Crippen MR) is 78.4 cm³/mol. The van der Waals surface area contributed by atoms with Crippen LogP contribution in [0.25, 0.3) is 0 Å². The summed E-state index contributed by atoms with van der Waals surface area (Å²) in [6.45, 7) is 2.43. The van der Waals surface area contributed by atoms with E-state index in [-0.39, 0.29) is 11.9 Å². The molecule has 0 saturated carbocycles. The Labute approximate surface area is 122 Å². The van der Waals surface area contributed by atoms with Crippen LogP contribution in [0.2, 0.25) is 0 Å². The van der Waals surface area contributed by atoms with Crippen molar-refractivity contribution < 1.29 is 9.60 Å². The smallest absolute Gasteiger partial charge is 0.170 e. The zero-order valence-corrected chi connectivity index (χ0v) is 11.6. The van der Waals surface area contributed by atoms with Crippen molar-refractivity contribution in [3.63, 3.8) is 0 Å². The summed E-state index contributed by atoms with van der Waals surface area (Å²) in [6.07, 6.45) is 1.73. The molecule has 110 valence electrons. The Morgan fingerprint density at radius 2 is 2.24 bits per heavy atom. The van der Waals surface area contributed by atoms with E-state index in [1.165, 1.54) is 12.1 Å². The first-order valence-corrected chi connectivity index (χ1v) is 6.52. The first-order chi connectivity index (χ1) is 10.1. The third-order valence-electron chi connectivity index (χ3n) is 3.19. The molecule has 2 aromatic rings. The lowest BCUT2D eigenvalue weighted by molar-refractivity contribution is 0.318. The van der Waals surface area contributed by atoms with E-state index in [4.69, 9.17) is 10.9 Å². The first-order valence-electron chi connectivity index (χ1n) is 6.52. The molecule has 0 aliphatic carbocycles. The Morgan fingerprint density at radius 3 is 2.90 bits per heavy atom. The zero-order chi connectivity index (χ0) is 15.2. The second-order valence-electron chi connectivity index (χ2n) is 4.64. The van der Waals surface area contributed by atoms with E-state index in [0.717, 1.165) is 11.3 Å². The summed E-state index contributed by atoms with van der Waals surface area (Å²) in [5.41, 5.74) is 7.60. The summed E-state index contributed by atoms with van der Waals surface area (Å²) in [5, 5.41) is 15.0. The Morgan fingerprint density at radius 1 is 1.43 bits per heavy atom. The average Bonchev–Trinajstić information content (AvgIpc) is 2.53. The third kappa shape index (κ3) is 3.76. The van der Waals surface area contributed by atoms with Gasteiger partial charge in [0.15, 0.2) is 5.84 Å². The number of halogens is 1. The average molecular weight is 288 g/mol. The van der Waals surface area contributed by atoms with Crippen LogP contribution in [0.15, 0.2) is 47.8 Å². The van der Waals surface area contributed by atoms with E-state index in [0.29, 0.717) is 12.1 Å². The lowest BCUT2D eigenvalue weighted by Gasteiger charge is -2.15. The first kappa shape index (κ1) is 14.9. The molecule has 2 rings (SSSR count). The van der Waals surface area contributed by atoms with E-state index in [2.05, 4.69) is 15.5 Å². The molecule has 5 nitrogen and oxygen atoms in total. The largest absolute Gasteiger partial charge is 0.409 e. The van der Waals surface area contributed by atoms with Crippen LogP contribution in [0.5, 0.6) is 0 Å². The Hall–Kier alpha value is -2.47. The highest BCUT2D eigenvalue weighted by atomic mass is 19.1. The number of pyridine rings is 1. The van der Waals surface area contributed by atoms with Crippen molar-refractivity contribution >= 4 is 5.84 Å². The van der Waals surface area contributed by atoms with E-state index in [9.17, 15) is 4.39 Å². The Balaban J connectivity index is 2.13. The highest BCUT2D eigenvalue weighted by Crippen LogP contribution is 2.14. The number of nitrogens with one attached hydrogen (secondary N) is 1. The molecule has 1 unspecified atom stereocenters. The van der Waals surface area contributed by atoms with Crippen LogP contribution >= 0.6 is 0 Å². The van der Waals surface area contributed by atoms with Crippen molar-refractivity contribution in [2.75, 3.05) is 0 Å². The quantitative estimate of drug-likeness (QED) is 0.341. The second-order valence-corrected chi connectivity index (χ2v) is 4.64. The summed E-state index contributed by atoms with van der Waals surface area (Å²) >= 11 is 0. The summed E-state index contributed by atoms with van der Waals surface area (Å²) < 4.78 is 13.3. The molecule has 0 aliphatic heterocycles. The minimum absolute atomic E-state index is 0.0244. The van der Waals surface area contributed by atoms with Crippen LogP contribution in [0, 0.1) is 5.82 Å². The molecule has 21 heavy (non-hydrogen) atoms. The topological polar surface area (TPSA) is 83.5 Å². The lowest BCUT2D eigenvalue weighted by atomic mass is 10.1. The minimum Gasteiger partial charge on any atom is -0.409 e. The molecule has 0 fully saturated rings. The number of oxime groups is 1. The van der Waals surface area contributed by atoms with Gasteiger partial charge in [-0.05, 0) is 36.8 Å². The second kappa shape index (κ2) is 6.81. The van der Waals surface area contributed by atoms with E-state index < -0.39 is 5.82 Å². The van der Waals surface area contributed by atoms with Crippen LogP contribution < -0.4 is 11.1 Å². The van der Waals surface area contributed by atoms with Gasteiger partial charge in [-0.25, -0.2) is 4.39 Å². The van der Waals surface area contributed by atoms with Crippen molar-refractivity contribution in [3.05, 3.63) is 65.2 Å². The number of aromatic nitrogens is 1. The Kier molecular flexibility index (Phi) is 4.84. The number of hydrogen-bond acceptors (Lipinski definition) is 4. The fraction of sp³-hybridized carbons (Fsp3) is 0.200. The van der Waals surface area contributed by atoms with Gasteiger partial charge in [0.25, 0.3) is 0 Å². The molecule has 0 saturated heterocycles. The van der Waals surface area contributed by atoms with Gasteiger partial charge in [-0.15, -0.1) is 0 Å². The maximum atomic E-state index is 13.3. The molecular weight excluding hydrogens is 271 g/mol. The number of rotatable bonds is 5. The molecule has 1 atom stereocenters. The monoisotopic (exact) mass is 288 g/mol. The highest BCUT2D eigenvalue weighted by molar-refractivity contribution is 5.98. The normalized spacial score (nSPS) is 13.1. The van der Waals surface area contributed by atoms with Crippen molar-refractivity contribution in [2.45, 2.75) is 19.5 Å². The zero-order valence-electron chi connectivity index (χ0n) is 11.6. The predicted octanol–water partition coefficient (Wildman–Crippen LogP) is 2.17. The standard InChI is InChI=1S/C15H17FN4O/c1-10(14-4-2-3-7-18-14)19-9-11-5-6-12(16)8-13(11)15(17)20-21/h2-8,10,19,21H,9H2,1H3,(H2,17,20). The third-order valence-corrected chi connectivity index (χ3v) is 3.19. The summed E-state index contributed by atoms with van der Waals surface area (Å²) in [5.74, 6) is -0.546. The van der Waals surface area contributed by atoms with E-state index in [1.807, 2.05) is 25.1 Å². The molecule has 1 aromatic carbocycles. The number of nitrogens with zero attached hydrogens (tertiary/aromatic N) is 2. The lowest BCUT2D eigenvalue weighted by Crippen LogP contribution is -2.22. The number of amidine groups is 1. The summed E-state index contributed by atoms with van der Waals surface area (Å²) in [6, 6.07) is 9.92. The minimum atomic E-state index is -0.432. The van der Waals surface area contributed by atoms with Crippen molar-refractivity contribution in [3.8, 4) is 0 Å². The van der Waals surface area contributed by atoms with Gasteiger partial charge in [0.05, 0.1) is 5.69 Å². The number of hydrogen-bond donors (Lipinski definition) is 3. The van der Waals surface area contributed by atoms with Gasteiger partial charge in [0, 0.05) is 24.3 Å². The van der Waals surface area contributed by atoms with Crippen LogP contribution in [-0.4, -0.2) is 16.0 Å². The van der Waals surface area contributed by atoms with Crippen molar-refractivity contribution in [2.24, 2.45) is 10.9 Å². The molecule has 4 N–H and O–H groups in total. The maximum Gasteiger partial charge on any atom is 0.170 e. The van der Waals surface area contributed by atoms with Crippen molar-refractivity contribution in [1.82, 2.24) is 10.3 Å². The SMILES string of the molecule is CC(NCc1ccc(F)cc1C(N)=NO)c1ccccn1. The molecule has 0 amide bonds. The van der Waals surface area contributed by atoms with Gasteiger partial charge >= 0.3 is 0 Å². The van der Waals surface area contributed by atoms with Crippen LogP contribution in [0.1, 0.15) is 29.8 Å². The van der Waals surface area contributed by atoms with E-state index in [1.54, 1.807) is 12.3 Å². The van der Waals surface area contributed by atoms with Crippen LogP contribution in [0.4, 0.5) is 4.39 Å². The molecular formula is C15H17FN4O. The van der Waals surface area contributed by atoms with Gasteiger partial charge in [0.1, 0.15) is 5.82 Å². The fourth-order valence-corrected chi connectivity index (χ4v) is 1.99. The number of nitrogens with two attached hydrogens (primary N) is 1. The summed E-state index contributed by atoms with van der Waals surface area (Å²) in [4.78, 5) is 4.27. The molecule has 0 radical (unpaired) electrons.